The molecule has 0 aromatic rings. The highest BCUT2D eigenvalue weighted by Gasteiger charge is 2.01. The minimum atomic E-state index is -0.241. The van der Waals surface area contributed by atoms with Gasteiger partial charge in [0, 0.05) is 24.7 Å². The van der Waals surface area contributed by atoms with Gasteiger partial charge in [-0.25, -0.2) is 0 Å². The van der Waals surface area contributed by atoms with Crippen LogP contribution in [0.2, 0.25) is 0 Å². The first-order valence-corrected chi connectivity index (χ1v) is 5.22. The molecule has 0 aromatic carbocycles. The Labute approximate surface area is 86.1 Å². The Kier molecular flexibility index (Phi) is 7.68. The monoisotopic (exact) mass is 251 g/mol. The highest BCUT2D eigenvalue weighted by Crippen LogP contribution is 1.91. The first-order chi connectivity index (χ1) is 6.20. The summed E-state index contributed by atoms with van der Waals surface area (Å²) in [6, 6.07) is 0. The maximum Gasteiger partial charge on any atom is 0.305 e. The van der Waals surface area contributed by atoms with Gasteiger partial charge in [-0.15, -0.1) is 0 Å². The normalized spacial score (nSPS) is 9.38. The van der Waals surface area contributed by atoms with Crippen molar-refractivity contribution in [1.29, 1.82) is 0 Å². The molecule has 4 nitrogen and oxygen atoms in total. The zero-order valence-corrected chi connectivity index (χ0v) is 9.22. The number of carbonyl (C=O) groups is 2. The largest absolute Gasteiger partial charge is 0.469 e. The summed E-state index contributed by atoms with van der Waals surface area (Å²) in [7, 11) is 1.35. The van der Waals surface area contributed by atoms with Gasteiger partial charge in [0.2, 0.25) is 5.91 Å². The summed E-state index contributed by atoms with van der Waals surface area (Å²) in [4.78, 5) is 21.5. The van der Waals surface area contributed by atoms with E-state index in [2.05, 4.69) is 26.0 Å². The lowest BCUT2D eigenvalue weighted by Gasteiger charge is -2.02. The second kappa shape index (κ2) is 8.04. The Bertz CT molecular complexity index is 173. The van der Waals surface area contributed by atoms with E-state index < -0.39 is 0 Å². The van der Waals surface area contributed by atoms with E-state index >= 15 is 0 Å². The number of amides is 1. The highest BCUT2D eigenvalue weighted by atomic mass is 79.9. The maximum absolute atomic E-state index is 10.9. The van der Waals surface area contributed by atoms with Gasteiger partial charge in [0.05, 0.1) is 7.11 Å². The molecule has 0 saturated heterocycles. The highest BCUT2D eigenvalue weighted by molar-refractivity contribution is 9.09. The first-order valence-electron chi connectivity index (χ1n) is 4.10. The van der Waals surface area contributed by atoms with Crippen LogP contribution in [0, 0.1) is 0 Å². The van der Waals surface area contributed by atoms with E-state index in [1.54, 1.807) is 0 Å². The second-order valence-corrected chi connectivity index (χ2v) is 3.26. The zero-order chi connectivity index (χ0) is 10.1. The number of methoxy groups -OCH3 is 1. The molecule has 0 radical (unpaired) electrons. The van der Waals surface area contributed by atoms with Gasteiger partial charge in [-0.05, 0) is 6.42 Å². The van der Waals surface area contributed by atoms with E-state index in [0.29, 0.717) is 31.1 Å². The average molecular weight is 252 g/mol. The van der Waals surface area contributed by atoms with Gasteiger partial charge < -0.3 is 10.1 Å². The molecule has 0 atom stereocenters. The molecule has 1 N–H and O–H groups in total. The molecular formula is C8H14BrNO3. The van der Waals surface area contributed by atoms with Crippen LogP contribution in [0.15, 0.2) is 0 Å². The fraction of sp³-hybridized carbons (Fsp3) is 0.750. The lowest BCUT2D eigenvalue weighted by molar-refractivity contribution is -0.140. The zero-order valence-electron chi connectivity index (χ0n) is 7.64. The van der Waals surface area contributed by atoms with Gasteiger partial charge in [0.15, 0.2) is 0 Å². The maximum atomic E-state index is 10.9. The van der Waals surface area contributed by atoms with Crippen LogP contribution in [0.25, 0.3) is 0 Å². The Hall–Kier alpha value is -0.580. The minimum absolute atomic E-state index is 0.00161. The molecule has 1 amide bonds. The first kappa shape index (κ1) is 12.4. The minimum Gasteiger partial charge on any atom is -0.469 e. The Balaban J connectivity index is 3.25. The second-order valence-electron chi connectivity index (χ2n) is 2.47. The van der Waals surface area contributed by atoms with Crippen LogP contribution < -0.4 is 5.32 Å². The molecule has 5 heteroatoms. The van der Waals surface area contributed by atoms with Crippen molar-refractivity contribution in [2.45, 2.75) is 19.3 Å². The van der Waals surface area contributed by atoms with Crippen molar-refractivity contribution in [2.75, 3.05) is 19.0 Å². The quantitative estimate of drug-likeness (QED) is 0.433. The van der Waals surface area contributed by atoms with Crippen LogP contribution in [-0.4, -0.2) is 30.9 Å². The summed E-state index contributed by atoms with van der Waals surface area (Å²) in [6.07, 6.45) is 1.45. The van der Waals surface area contributed by atoms with Crippen molar-refractivity contribution in [3.8, 4) is 0 Å². The molecule has 0 aliphatic heterocycles. The molecule has 0 unspecified atom stereocenters. The van der Waals surface area contributed by atoms with Crippen LogP contribution in [-0.2, 0) is 14.3 Å². The number of halogens is 1. The number of alkyl halides is 1. The van der Waals surface area contributed by atoms with Crippen LogP contribution >= 0.6 is 15.9 Å². The lowest BCUT2D eigenvalue weighted by Crippen LogP contribution is -2.24. The fourth-order valence-corrected chi connectivity index (χ4v) is 1.10. The fourth-order valence-electron chi connectivity index (χ4n) is 0.737. The Morgan fingerprint density at radius 2 is 2.08 bits per heavy atom. The van der Waals surface area contributed by atoms with Crippen molar-refractivity contribution in [3.63, 3.8) is 0 Å². The standard InChI is InChI=1S/C8H14BrNO3/c1-13-8(12)3-2-6-10-7(11)4-5-9/h2-6H2,1H3,(H,10,11). The number of hydrogen-bond donors (Lipinski definition) is 1. The van der Waals surface area contributed by atoms with E-state index in [4.69, 9.17) is 0 Å². The van der Waals surface area contributed by atoms with Gasteiger partial charge in [-0.1, -0.05) is 15.9 Å². The van der Waals surface area contributed by atoms with Crippen LogP contribution in [0.4, 0.5) is 0 Å². The van der Waals surface area contributed by atoms with E-state index in [1.165, 1.54) is 7.11 Å². The molecule has 0 spiro atoms. The van der Waals surface area contributed by atoms with Crippen molar-refractivity contribution in [1.82, 2.24) is 5.32 Å². The van der Waals surface area contributed by atoms with Gasteiger partial charge >= 0.3 is 5.97 Å². The van der Waals surface area contributed by atoms with Crippen molar-refractivity contribution >= 4 is 27.8 Å². The van der Waals surface area contributed by atoms with Crippen molar-refractivity contribution in [3.05, 3.63) is 0 Å². The molecular weight excluding hydrogens is 238 g/mol. The Morgan fingerprint density at radius 1 is 1.38 bits per heavy atom. The third-order valence-electron chi connectivity index (χ3n) is 1.43. The van der Waals surface area contributed by atoms with E-state index in [1.807, 2.05) is 0 Å². The summed E-state index contributed by atoms with van der Waals surface area (Å²) in [5.74, 6) is -0.239. The van der Waals surface area contributed by atoms with Crippen molar-refractivity contribution in [2.24, 2.45) is 0 Å². The number of hydrogen-bond acceptors (Lipinski definition) is 3. The predicted molar refractivity (Wildman–Crippen MR) is 52.7 cm³/mol. The molecule has 0 aromatic heterocycles. The van der Waals surface area contributed by atoms with E-state index in [9.17, 15) is 9.59 Å². The third kappa shape index (κ3) is 7.77. The molecule has 76 valence electrons. The number of esters is 1. The Morgan fingerprint density at radius 3 is 2.62 bits per heavy atom. The molecule has 0 fully saturated rings. The summed E-state index contributed by atoms with van der Waals surface area (Å²) < 4.78 is 4.45. The number of rotatable bonds is 6. The van der Waals surface area contributed by atoms with E-state index in [0.717, 1.165) is 0 Å². The van der Waals surface area contributed by atoms with Gasteiger partial charge in [0.25, 0.3) is 0 Å². The average Bonchev–Trinajstić information content (AvgIpc) is 2.12. The molecule has 0 heterocycles. The van der Waals surface area contributed by atoms with Crippen molar-refractivity contribution < 1.29 is 14.3 Å². The van der Waals surface area contributed by atoms with Gasteiger partial charge in [-0.2, -0.15) is 0 Å². The van der Waals surface area contributed by atoms with Crippen LogP contribution in [0.1, 0.15) is 19.3 Å². The number of carbonyl (C=O) groups excluding carboxylic acids is 2. The molecule has 0 aliphatic carbocycles. The predicted octanol–water partition coefficient (Wildman–Crippen LogP) is 0.841. The lowest BCUT2D eigenvalue weighted by atomic mass is 10.3. The third-order valence-corrected chi connectivity index (χ3v) is 1.83. The van der Waals surface area contributed by atoms with E-state index in [-0.39, 0.29) is 11.9 Å². The molecule has 13 heavy (non-hydrogen) atoms. The number of ether oxygens (including phenoxy) is 1. The van der Waals surface area contributed by atoms with Gasteiger partial charge in [0.1, 0.15) is 0 Å². The summed E-state index contributed by atoms with van der Waals surface area (Å²) in [5, 5.41) is 3.35. The molecule has 0 aliphatic rings. The summed E-state index contributed by atoms with van der Waals surface area (Å²) >= 11 is 3.16. The summed E-state index contributed by atoms with van der Waals surface area (Å²) in [6.45, 7) is 0.529. The topological polar surface area (TPSA) is 55.4 Å². The smallest absolute Gasteiger partial charge is 0.305 e. The molecule has 0 rings (SSSR count). The molecule has 0 bridgehead atoms. The number of nitrogens with one attached hydrogen (secondary N) is 1. The molecule has 0 saturated carbocycles. The SMILES string of the molecule is COC(=O)CCCNC(=O)CCBr. The van der Waals surface area contributed by atoms with Crippen LogP contribution in [0.5, 0.6) is 0 Å². The van der Waals surface area contributed by atoms with Gasteiger partial charge in [-0.3, -0.25) is 9.59 Å². The van der Waals surface area contributed by atoms with Crippen LogP contribution in [0.3, 0.4) is 0 Å². The summed E-state index contributed by atoms with van der Waals surface area (Å²) in [5.41, 5.74) is 0.